The molecule has 0 aromatic carbocycles. The van der Waals surface area contributed by atoms with Gasteiger partial charge in [-0.25, -0.2) is 0 Å². The Balaban J connectivity index is 2.39. The maximum absolute atomic E-state index is 5.57. The van der Waals surface area contributed by atoms with Crippen molar-refractivity contribution in [3.05, 3.63) is 23.7 Å². The highest BCUT2D eigenvalue weighted by Gasteiger charge is 2.09. The molecule has 110 valence electrons. The lowest BCUT2D eigenvalue weighted by Crippen LogP contribution is -2.28. The predicted molar refractivity (Wildman–Crippen MR) is 80.1 cm³/mol. The van der Waals surface area contributed by atoms with Crippen molar-refractivity contribution in [3.8, 4) is 0 Å². The number of nitrogens with zero attached hydrogens (tertiary/aromatic N) is 2. The van der Waals surface area contributed by atoms with Gasteiger partial charge in [-0.15, -0.1) is 0 Å². The van der Waals surface area contributed by atoms with Crippen LogP contribution in [0.5, 0.6) is 0 Å². The highest BCUT2D eigenvalue weighted by Crippen LogP contribution is 2.12. The molecular weight excluding hydrogens is 238 g/mol. The van der Waals surface area contributed by atoms with E-state index < -0.39 is 0 Å². The Hall–Kier alpha value is -0.840. The van der Waals surface area contributed by atoms with E-state index in [-0.39, 0.29) is 0 Å². The standard InChI is InChI=1S/C15H29N3O/c1-13(2)10-16-11-15-14(6-9-19-15)12-18(5)8-7-17(3)4/h6,9,13,16H,7-8,10-12H2,1-5H3. The van der Waals surface area contributed by atoms with Gasteiger partial charge in [0.05, 0.1) is 12.8 Å². The van der Waals surface area contributed by atoms with Crippen molar-refractivity contribution in [2.24, 2.45) is 5.92 Å². The van der Waals surface area contributed by atoms with Gasteiger partial charge in [0.2, 0.25) is 0 Å². The summed E-state index contributed by atoms with van der Waals surface area (Å²) in [6, 6.07) is 2.08. The van der Waals surface area contributed by atoms with Crippen LogP contribution in [-0.2, 0) is 13.1 Å². The van der Waals surface area contributed by atoms with Gasteiger partial charge in [0, 0.05) is 25.2 Å². The Kier molecular flexibility index (Phi) is 7.13. The Morgan fingerprint density at radius 3 is 2.58 bits per heavy atom. The molecule has 0 spiro atoms. The number of nitrogens with one attached hydrogen (secondary N) is 1. The van der Waals surface area contributed by atoms with Crippen LogP contribution in [0, 0.1) is 5.92 Å². The quantitative estimate of drug-likeness (QED) is 0.742. The van der Waals surface area contributed by atoms with Crippen molar-refractivity contribution >= 4 is 0 Å². The minimum atomic E-state index is 0.668. The van der Waals surface area contributed by atoms with Crippen molar-refractivity contribution in [1.29, 1.82) is 0 Å². The normalized spacial score (nSPS) is 12.0. The first-order valence-electron chi connectivity index (χ1n) is 7.08. The van der Waals surface area contributed by atoms with Crippen molar-refractivity contribution in [3.63, 3.8) is 0 Å². The van der Waals surface area contributed by atoms with E-state index in [4.69, 9.17) is 4.42 Å². The first kappa shape index (κ1) is 16.2. The molecule has 1 aromatic rings. The number of rotatable bonds is 9. The second kappa shape index (κ2) is 8.35. The smallest absolute Gasteiger partial charge is 0.122 e. The minimum Gasteiger partial charge on any atom is -0.468 e. The average Bonchev–Trinajstić information content (AvgIpc) is 2.74. The van der Waals surface area contributed by atoms with Crippen LogP contribution in [-0.4, -0.2) is 50.6 Å². The lowest BCUT2D eigenvalue weighted by Gasteiger charge is -2.19. The van der Waals surface area contributed by atoms with Crippen LogP contribution in [0.15, 0.2) is 16.7 Å². The van der Waals surface area contributed by atoms with Gasteiger partial charge >= 0.3 is 0 Å². The largest absolute Gasteiger partial charge is 0.468 e. The zero-order chi connectivity index (χ0) is 14.3. The average molecular weight is 267 g/mol. The third-order valence-electron chi connectivity index (χ3n) is 3.05. The van der Waals surface area contributed by atoms with E-state index in [9.17, 15) is 0 Å². The van der Waals surface area contributed by atoms with E-state index in [1.54, 1.807) is 6.26 Å². The molecule has 0 aliphatic rings. The fourth-order valence-corrected chi connectivity index (χ4v) is 1.88. The molecule has 0 saturated heterocycles. The topological polar surface area (TPSA) is 31.7 Å². The fourth-order valence-electron chi connectivity index (χ4n) is 1.88. The molecule has 0 saturated carbocycles. The monoisotopic (exact) mass is 267 g/mol. The molecule has 1 aromatic heterocycles. The molecule has 0 amide bonds. The molecule has 0 radical (unpaired) electrons. The molecule has 1 rings (SSSR count). The zero-order valence-corrected chi connectivity index (χ0v) is 13.1. The number of likely N-dealkylation sites (N-methyl/N-ethyl adjacent to an activating group) is 2. The van der Waals surface area contributed by atoms with E-state index in [2.05, 4.69) is 56.2 Å². The molecule has 0 unspecified atom stereocenters. The lowest BCUT2D eigenvalue weighted by atomic mass is 10.2. The number of furan rings is 1. The highest BCUT2D eigenvalue weighted by molar-refractivity contribution is 5.16. The molecule has 1 heterocycles. The molecule has 4 heteroatoms. The molecule has 0 atom stereocenters. The predicted octanol–water partition coefficient (Wildman–Crippen LogP) is 2.02. The van der Waals surface area contributed by atoms with Crippen LogP contribution in [0.1, 0.15) is 25.2 Å². The zero-order valence-electron chi connectivity index (χ0n) is 13.1. The van der Waals surface area contributed by atoms with Gasteiger partial charge in [-0.1, -0.05) is 13.8 Å². The van der Waals surface area contributed by atoms with Crippen LogP contribution in [0.25, 0.3) is 0 Å². The van der Waals surface area contributed by atoms with E-state index in [0.717, 1.165) is 38.5 Å². The van der Waals surface area contributed by atoms with E-state index in [1.165, 1.54) is 5.56 Å². The van der Waals surface area contributed by atoms with Crippen molar-refractivity contribution in [2.75, 3.05) is 40.8 Å². The summed E-state index contributed by atoms with van der Waals surface area (Å²) in [5.74, 6) is 1.73. The third-order valence-corrected chi connectivity index (χ3v) is 3.05. The first-order chi connectivity index (χ1) is 8.99. The van der Waals surface area contributed by atoms with Crippen LogP contribution in [0.3, 0.4) is 0 Å². The summed E-state index contributed by atoms with van der Waals surface area (Å²) in [5, 5.41) is 3.43. The summed E-state index contributed by atoms with van der Waals surface area (Å²) < 4.78 is 5.57. The van der Waals surface area contributed by atoms with E-state index >= 15 is 0 Å². The van der Waals surface area contributed by atoms with Gasteiger partial charge in [-0.05, 0) is 39.7 Å². The van der Waals surface area contributed by atoms with Gasteiger partial charge in [0.25, 0.3) is 0 Å². The van der Waals surface area contributed by atoms with Crippen LogP contribution in [0.4, 0.5) is 0 Å². The van der Waals surface area contributed by atoms with Crippen LogP contribution < -0.4 is 5.32 Å². The minimum absolute atomic E-state index is 0.668. The van der Waals surface area contributed by atoms with Gasteiger partial charge in [-0.2, -0.15) is 0 Å². The lowest BCUT2D eigenvalue weighted by molar-refractivity contribution is 0.274. The Morgan fingerprint density at radius 1 is 1.21 bits per heavy atom. The van der Waals surface area contributed by atoms with Crippen molar-refractivity contribution in [2.45, 2.75) is 26.9 Å². The number of hydrogen-bond acceptors (Lipinski definition) is 4. The summed E-state index contributed by atoms with van der Waals surface area (Å²) in [6.07, 6.45) is 1.79. The first-order valence-corrected chi connectivity index (χ1v) is 7.08. The molecule has 0 bridgehead atoms. The summed E-state index contributed by atoms with van der Waals surface area (Å²) in [7, 11) is 6.36. The summed E-state index contributed by atoms with van der Waals surface area (Å²) in [5.41, 5.74) is 1.29. The Labute approximate surface area is 117 Å². The molecule has 1 N–H and O–H groups in total. The Bertz CT molecular complexity index is 347. The van der Waals surface area contributed by atoms with Crippen LogP contribution in [0.2, 0.25) is 0 Å². The summed E-state index contributed by atoms with van der Waals surface area (Å²) in [6.45, 7) is 9.37. The van der Waals surface area contributed by atoms with Crippen molar-refractivity contribution in [1.82, 2.24) is 15.1 Å². The van der Waals surface area contributed by atoms with Gasteiger partial charge in [0.15, 0.2) is 0 Å². The SMILES string of the molecule is CC(C)CNCc1occc1CN(C)CCN(C)C. The maximum atomic E-state index is 5.57. The van der Waals surface area contributed by atoms with Crippen molar-refractivity contribution < 1.29 is 4.42 Å². The third kappa shape index (κ3) is 6.76. The highest BCUT2D eigenvalue weighted by atomic mass is 16.3. The second-order valence-corrected chi connectivity index (χ2v) is 5.93. The molecule has 0 fully saturated rings. The summed E-state index contributed by atoms with van der Waals surface area (Å²) in [4.78, 5) is 4.54. The van der Waals surface area contributed by atoms with E-state index in [1.807, 2.05) is 0 Å². The van der Waals surface area contributed by atoms with Crippen LogP contribution >= 0.6 is 0 Å². The van der Waals surface area contributed by atoms with Gasteiger partial charge in [0.1, 0.15) is 5.76 Å². The van der Waals surface area contributed by atoms with Gasteiger partial charge in [-0.3, -0.25) is 0 Å². The second-order valence-electron chi connectivity index (χ2n) is 5.93. The van der Waals surface area contributed by atoms with E-state index in [0.29, 0.717) is 5.92 Å². The number of hydrogen-bond donors (Lipinski definition) is 1. The Morgan fingerprint density at radius 2 is 1.95 bits per heavy atom. The summed E-state index contributed by atoms with van der Waals surface area (Å²) >= 11 is 0. The fraction of sp³-hybridized carbons (Fsp3) is 0.733. The maximum Gasteiger partial charge on any atom is 0.122 e. The molecule has 19 heavy (non-hydrogen) atoms. The molecule has 0 aliphatic heterocycles. The molecule has 4 nitrogen and oxygen atoms in total. The van der Waals surface area contributed by atoms with Gasteiger partial charge < -0.3 is 19.5 Å². The molecule has 0 aliphatic carbocycles. The molecular formula is C15H29N3O.